The van der Waals surface area contributed by atoms with Crippen LogP contribution in [0.3, 0.4) is 0 Å². The van der Waals surface area contributed by atoms with E-state index in [4.69, 9.17) is 5.84 Å². The molecule has 3 unspecified atom stereocenters. The van der Waals surface area contributed by atoms with E-state index in [1.165, 1.54) is 64.2 Å². The summed E-state index contributed by atoms with van der Waals surface area (Å²) in [6.07, 6.45) is 14.2. The second-order valence-corrected chi connectivity index (χ2v) is 7.54. The van der Waals surface area contributed by atoms with E-state index >= 15 is 0 Å². The first-order chi connectivity index (χ1) is 9.19. The minimum absolute atomic E-state index is 0.563. The molecule has 3 atom stereocenters. The van der Waals surface area contributed by atoms with Gasteiger partial charge in [-0.3, -0.25) is 11.3 Å². The summed E-state index contributed by atoms with van der Waals surface area (Å²) in [5, 5.41) is 0. The number of nitrogens with two attached hydrogens (primary N) is 1. The lowest BCUT2D eigenvalue weighted by molar-refractivity contribution is 0.158. The molecule has 2 nitrogen and oxygen atoms in total. The molecule has 0 aliphatic heterocycles. The van der Waals surface area contributed by atoms with E-state index in [0.29, 0.717) is 6.04 Å². The molecule has 0 amide bonds. The third-order valence-corrected chi connectivity index (χ3v) is 5.56. The van der Waals surface area contributed by atoms with Crippen molar-refractivity contribution in [2.24, 2.45) is 29.5 Å². The zero-order valence-corrected chi connectivity index (χ0v) is 13.0. The topological polar surface area (TPSA) is 38.0 Å². The molecule has 2 aliphatic carbocycles. The smallest absolute Gasteiger partial charge is 0.0241 e. The first-order valence-corrected chi connectivity index (χ1v) is 8.65. The Morgan fingerprint density at radius 1 is 0.947 bits per heavy atom. The highest BCUT2D eigenvalue weighted by Gasteiger charge is 2.31. The van der Waals surface area contributed by atoms with Gasteiger partial charge in [0.1, 0.15) is 0 Å². The fourth-order valence-corrected chi connectivity index (χ4v) is 4.69. The molecule has 0 bridgehead atoms. The van der Waals surface area contributed by atoms with Gasteiger partial charge in [0.05, 0.1) is 0 Å². The molecule has 0 aromatic carbocycles. The highest BCUT2D eigenvalue weighted by molar-refractivity contribution is 4.84. The molecule has 19 heavy (non-hydrogen) atoms. The minimum Gasteiger partial charge on any atom is -0.271 e. The van der Waals surface area contributed by atoms with Crippen LogP contribution in [0.25, 0.3) is 0 Å². The van der Waals surface area contributed by atoms with Crippen molar-refractivity contribution >= 4 is 0 Å². The van der Waals surface area contributed by atoms with Crippen LogP contribution in [-0.2, 0) is 0 Å². The molecule has 0 aromatic rings. The molecular formula is C17H34N2. The summed E-state index contributed by atoms with van der Waals surface area (Å²) in [5.41, 5.74) is 3.18. The molecule has 0 radical (unpaired) electrons. The molecule has 2 rings (SSSR count). The summed E-state index contributed by atoms with van der Waals surface area (Å²) < 4.78 is 0. The predicted octanol–water partition coefficient (Wildman–Crippen LogP) is 4.25. The van der Waals surface area contributed by atoms with Crippen LogP contribution in [-0.4, -0.2) is 6.04 Å². The van der Waals surface area contributed by atoms with Gasteiger partial charge in [0.25, 0.3) is 0 Å². The Bertz CT molecular complexity index is 236. The Morgan fingerprint density at radius 3 is 2.05 bits per heavy atom. The van der Waals surface area contributed by atoms with E-state index in [0.717, 1.165) is 23.7 Å². The average Bonchev–Trinajstić information content (AvgIpc) is 2.63. The van der Waals surface area contributed by atoms with Gasteiger partial charge in [-0.05, 0) is 49.4 Å². The van der Waals surface area contributed by atoms with Gasteiger partial charge in [-0.25, -0.2) is 0 Å². The normalized spacial score (nSPS) is 35.8. The van der Waals surface area contributed by atoms with Gasteiger partial charge >= 0.3 is 0 Å². The lowest BCUT2D eigenvalue weighted by Crippen LogP contribution is -2.44. The van der Waals surface area contributed by atoms with Crippen LogP contribution in [0.4, 0.5) is 0 Å². The summed E-state index contributed by atoms with van der Waals surface area (Å²) in [6, 6.07) is 0.563. The third-order valence-electron chi connectivity index (χ3n) is 5.56. The van der Waals surface area contributed by atoms with Crippen molar-refractivity contribution in [1.29, 1.82) is 0 Å². The van der Waals surface area contributed by atoms with Crippen molar-refractivity contribution in [3.63, 3.8) is 0 Å². The van der Waals surface area contributed by atoms with Gasteiger partial charge in [0.2, 0.25) is 0 Å². The zero-order chi connectivity index (χ0) is 13.7. The summed E-state index contributed by atoms with van der Waals surface area (Å²) >= 11 is 0. The molecule has 0 aromatic heterocycles. The number of hydrogen-bond acceptors (Lipinski definition) is 2. The molecule has 2 fully saturated rings. The summed E-state index contributed by atoms with van der Waals surface area (Å²) in [5.74, 6) is 9.42. The Hall–Kier alpha value is -0.0800. The second-order valence-electron chi connectivity index (χ2n) is 7.54. The van der Waals surface area contributed by atoms with Crippen molar-refractivity contribution in [1.82, 2.24) is 5.43 Å². The van der Waals surface area contributed by atoms with Gasteiger partial charge in [-0.15, -0.1) is 0 Å². The molecule has 3 N–H and O–H groups in total. The highest BCUT2D eigenvalue weighted by atomic mass is 15.2. The van der Waals surface area contributed by atoms with Crippen LogP contribution in [0.5, 0.6) is 0 Å². The molecule has 2 heteroatoms. The Labute approximate surface area is 119 Å². The molecule has 0 spiro atoms. The molecule has 0 heterocycles. The Kier molecular flexibility index (Phi) is 6.15. The second kappa shape index (κ2) is 7.64. The standard InChI is InChI=1S/C17H34N2/c1-13-9-14(2)11-16(10-13)17(19-18)12-15-7-5-3-4-6-8-15/h13-17,19H,3-12,18H2,1-2H3. The van der Waals surface area contributed by atoms with Crippen molar-refractivity contribution in [3.05, 3.63) is 0 Å². The molecule has 2 saturated carbocycles. The van der Waals surface area contributed by atoms with Crippen LogP contribution in [0.1, 0.15) is 78.1 Å². The maximum absolute atomic E-state index is 5.90. The van der Waals surface area contributed by atoms with Gasteiger partial charge in [-0.2, -0.15) is 0 Å². The van der Waals surface area contributed by atoms with E-state index in [1.54, 1.807) is 0 Å². The molecule has 2 aliphatic rings. The minimum atomic E-state index is 0.563. The summed E-state index contributed by atoms with van der Waals surface area (Å²) in [6.45, 7) is 4.84. The monoisotopic (exact) mass is 266 g/mol. The zero-order valence-electron chi connectivity index (χ0n) is 13.0. The maximum atomic E-state index is 5.90. The van der Waals surface area contributed by atoms with E-state index in [-0.39, 0.29) is 0 Å². The van der Waals surface area contributed by atoms with Crippen LogP contribution in [0.15, 0.2) is 0 Å². The van der Waals surface area contributed by atoms with Crippen molar-refractivity contribution in [3.8, 4) is 0 Å². The highest BCUT2D eigenvalue weighted by Crippen LogP contribution is 2.37. The van der Waals surface area contributed by atoms with E-state index in [2.05, 4.69) is 19.3 Å². The van der Waals surface area contributed by atoms with Crippen LogP contribution < -0.4 is 11.3 Å². The van der Waals surface area contributed by atoms with Crippen LogP contribution >= 0.6 is 0 Å². The summed E-state index contributed by atoms with van der Waals surface area (Å²) in [7, 11) is 0. The fraction of sp³-hybridized carbons (Fsp3) is 1.00. The van der Waals surface area contributed by atoms with Gasteiger partial charge in [0.15, 0.2) is 0 Å². The van der Waals surface area contributed by atoms with Crippen LogP contribution in [0.2, 0.25) is 0 Å². The molecular weight excluding hydrogens is 232 g/mol. The average molecular weight is 266 g/mol. The van der Waals surface area contributed by atoms with E-state index < -0.39 is 0 Å². The van der Waals surface area contributed by atoms with Crippen molar-refractivity contribution in [2.45, 2.75) is 84.1 Å². The van der Waals surface area contributed by atoms with Crippen molar-refractivity contribution < 1.29 is 0 Å². The summed E-state index contributed by atoms with van der Waals surface area (Å²) in [4.78, 5) is 0. The van der Waals surface area contributed by atoms with Gasteiger partial charge < -0.3 is 0 Å². The van der Waals surface area contributed by atoms with Crippen molar-refractivity contribution in [2.75, 3.05) is 0 Å². The van der Waals surface area contributed by atoms with Gasteiger partial charge in [-0.1, -0.05) is 52.4 Å². The largest absolute Gasteiger partial charge is 0.271 e. The number of nitrogens with one attached hydrogen (secondary N) is 1. The fourth-order valence-electron chi connectivity index (χ4n) is 4.69. The molecule has 112 valence electrons. The van der Waals surface area contributed by atoms with E-state index in [9.17, 15) is 0 Å². The SMILES string of the molecule is CC1CC(C)CC(C(CC2CCCCCC2)NN)C1. The number of hydrogen-bond donors (Lipinski definition) is 2. The maximum Gasteiger partial charge on any atom is 0.0241 e. The first kappa shape index (κ1) is 15.3. The Balaban J connectivity index is 1.87. The first-order valence-electron chi connectivity index (χ1n) is 8.65. The number of rotatable bonds is 4. The lowest BCUT2D eigenvalue weighted by Gasteiger charge is -2.37. The predicted molar refractivity (Wildman–Crippen MR) is 82.6 cm³/mol. The quantitative estimate of drug-likeness (QED) is 0.453. The van der Waals surface area contributed by atoms with Crippen LogP contribution in [0, 0.1) is 23.7 Å². The Morgan fingerprint density at radius 2 is 1.53 bits per heavy atom. The third kappa shape index (κ3) is 4.75. The van der Waals surface area contributed by atoms with Gasteiger partial charge in [0, 0.05) is 6.04 Å². The number of hydrazine groups is 1. The molecule has 0 saturated heterocycles. The lowest BCUT2D eigenvalue weighted by atomic mass is 9.72. The van der Waals surface area contributed by atoms with E-state index in [1.807, 2.05) is 0 Å².